The molecule has 0 saturated carbocycles. The quantitative estimate of drug-likeness (QED) is 0.840. The van der Waals surface area contributed by atoms with E-state index in [4.69, 9.17) is 4.76 Å². The fraction of sp³-hybridized carbons (Fsp3) is 0.200. The zero-order valence-electron chi connectivity index (χ0n) is 11.8. The number of amidine groups is 1. The van der Waals surface area contributed by atoms with E-state index < -0.39 is 0 Å². The Morgan fingerprint density at radius 3 is 2.35 bits per heavy atom. The number of hydrogen-bond donors (Lipinski definition) is 1. The first-order valence-corrected chi connectivity index (χ1v) is 6.63. The zero-order valence-corrected chi connectivity index (χ0v) is 11.8. The first kappa shape index (κ1) is 12.9. The van der Waals surface area contributed by atoms with Crippen LogP contribution >= 0.6 is 0 Å². The Kier molecular flexibility index (Phi) is 3.28. The Morgan fingerprint density at radius 1 is 1.05 bits per heavy atom. The third-order valence-corrected chi connectivity index (χ3v) is 3.45. The van der Waals surface area contributed by atoms with Crippen LogP contribution in [0.2, 0.25) is 0 Å². The topological polar surface area (TPSA) is 46.5 Å². The summed E-state index contributed by atoms with van der Waals surface area (Å²) >= 11 is 0. The van der Waals surface area contributed by atoms with E-state index in [2.05, 4.69) is 48.3 Å². The average Bonchev–Trinajstić information content (AvgIpc) is 2.88. The van der Waals surface area contributed by atoms with Crippen LogP contribution in [0.4, 0.5) is 0 Å². The molecule has 1 aliphatic heterocycles. The van der Waals surface area contributed by atoms with E-state index >= 15 is 0 Å². The van der Waals surface area contributed by atoms with Crippen LogP contribution in [0.15, 0.2) is 41.6 Å². The van der Waals surface area contributed by atoms with E-state index in [1.807, 2.05) is 12.1 Å². The van der Waals surface area contributed by atoms with Crippen LogP contribution < -0.4 is 10.9 Å². The highest BCUT2D eigenvalue weighted by Crippen LogP contribution is 2.11. The molecule has 0 atom stereocenters. The number of hydroxylamine groups is 1. The first-order chi connectivity index (χ1) is 9.65. The molecule has 1 N–H and O–H groups in total. The summed E-state index contributed by atoms with van der Waals surface area (Å²) in [5.74, 6) is 0.747. The molecule has 0 bridgehead atoms. The van der Waals surface area contributed by atoms with Gasteiger partial charge in [-0.05, 0) is 38.4 Å². The predicted molar refractivity (Wildman–Crippen MR) is 81.0 cm³/mol. The summed E-state index contributed by atoms with van der Waals surface area (Å²) in [5, 5.41) is 0. The average molecular weight is 265 g/mol. The number of rotatable bonds is 2. The van der Waals surface area contributed by atoms with Crippen LogP contribution in [0.1, 0.15) is 22.3 Å². The van der Waals surface area contributed by atoms with Gasteiger partial charge in [-0.3, -0.25) is 20.1 Å². The van der Waals surface area contributed by atoms with Crippen molar-refractivity contribution in [3.8, 4) is 0 Å². The van der Waals surface area contributed by atoms with Crippen molar-refractivity contribution in [3.63, 3.8) is 0 Å². The van der Waals surface area contributed by atoms with E-state index in [9.17, 15) is 0 Å². The van der Waals surface area contributed by atoms with Crippen molar-refractivity contribution in [2.24, 2.45) is 4.90 Å². The third-order valence-electron chi connectivity index (χ3n) is 3.45. The third kappa shape index (κ3) is 2.32. The highest BCUT2D eigenvalue weighted by Gasteiger charge is 2.30. The van der Waals surface area contributed by atoms with Crippen molar-refractivity contribution in [1.29, 1.82) is 0 Å². The first-order valence-electron chi connectivity index (χ1n) is 6.63. The van der Waals surface area contributed by atoms with Gasteiger partial charge in [0.1, 0.15) is 5.84 Å². The van der Waals surface area contributed by atoms with Crippen LogP contribution in [-0.4, -0.2) is 17.9 Å². The van der Waals surface area contributed by atoms with Gasteiger partial charge in [0.15, 0.2) is 0 Å². The van der Waals surface area contributed by atoms with Crippen molar-refractivity contribution in [2.45, 2.75) is 20.8 Å². The van der Waals surface area contributed by atoms with E-state index in [0.717, 1.165) is 16.9 Å². The number of benzene rings is 1. The lowest BCUT2D eigenvalue weighted by Crippen LogP contribution is -2.35. The summed E-state index contributed by atoms with van der Waals surface area (Å²) in [6.07, 6.45) is 3.49. The number of pyridine rings is 1. The van der Waals surface area contributed by atoms with Gasteiger partial charge in [0.05, 0.1) is 0 Å². The SMILES string of the molecule is Cc1cc(C)c(B2N=C(c3ccncc3)NO2)c(C)c1. The molecule has 1 aromatic heterocycles. The fourth-order valence-electron chi connectivity index (χ4n) is 2.63. The smallest absolute Gasteiger partial charge is 0.300 e. The Bertz CT molecular complexity index is 647. The maximum absolute atomic E-state index is 5.63. The van der Waals surface area contributed by atoms with E-state index in [1.165, 1.54) is 16.7 Å². The molecule has 2 heterocycles. The van der Waals surface area contributed by atoms with Crippen molar-refractivity contribution in [1.82, 2.24) is 10.5 Å². The van der Waals surface area contributed by atoms with Gasteiger partial charge in [-0.1, -0.05) is 28.8 Å². The number of nitrogens with one attached hydrogen (secondary N) is 1. The van der Waals surface area contributed by atoms with Crippen LogP contribution in [-0.2, 0) is 4.76 Å². The molecule has 3 rings (SSSR count). The second kappa shape index (κ2) is 5.09. The highest BCUT2D eigenvalue weighted by molar-refractivity contribution is 6.69. The number of nitrogens with zero attached hydrogens (tertiary/aromatic N) is 2. The minimum atomic E-state index is -0.293. The minimum absolute atomic E-state index is 0.293. The molecule has 1 aromatic carbocycles. The van der Waals surface area contributed by atoms with Gasteiger partial charge in [-0.25, -0.2) is 0 Å². The Hall–Kier alpha value is -2.14. The second-order valence-electron chi connectivity index (χ2n) is 5.10. The summed E-state index contributed by atoms with van der Waals surface area (Å²) in [7, 11) is -0.293. The monoisotopic (exact) mass is 265 g/mol. The van der Waals surface area contributed by atoms with Crippen LogP contribution in [0.25, 0.3) is 0 Å². The van der Waals surface area contributed by atoms with Crippen molar-refractivity contribution >= 4 is 18.3 Å². The molecule has 0 unspecified atom stereocenters. The molecular weight excluding hydrogens is 249 g/mol. The van der Waals surface area contributed by atoms with Gasteiger partial charge in [-0.15, -0.1) is 0 Å². The molecule has 0 radical (unpaired) electrons. The largest absolute Gasteiger partial charge is 0.497 e. The lowest BCUT2D eigenvalue weighted by Gasteiger charge is -2.11. The molecule has 100 valence electrons. The van der Waals surface area contributed by atoms with Gasteiger partial charge in [0, 0.05) is 18.0 Å². The lowest BCUT2D eigenvalue weighted by atomic mass is 9.70. The molecule has 0 aliphatic carbocycles. The lowest BCUT2D eigenvalue weighted by molar-refractivity contribution is 0.284. The van der Waals surface area contributed by atoms with Crippen molar-refractivity contribution < 1.29 is 4.76 Å². The highest BCUT2D eigenvalue weighted by atomic mass is 16.6. The van der Waals surface area contributed by atoms with Crippen LogP contribution in [0.5, 0.6) is 0 Å². The predicted octanol–water partition coefficient (Wildman–Crippen LogP) is 1.68. The molecule has 0 fully saturated rings. The molecule has 0 amide bonds. The molecule has 0 saturated heterocycles. The van der Waals surface area contributed by atoms with Gasteiger partial charge < -0.3 is 0 Å². The summed E-state index contributed by atoms with van der Waals surface area (Å²) in [6, 6.07) is 8.14. The molecular formula is C15H16BN3O. The summed E-state index contributed by atoms with van der Waals surface area (Å²) in [4.78, 5) is 8.64. The van der Waals surface area contributed by atoms with Gasteiger partial charge in [0.25, 0.3) is 0 Å². The van der Waals surface area contributed by atoms with Crippen molar-refractivity contribution in [3.05, 3.63) is 58.9 Å². The van der Waals surface area contributed by atoms with Gasteiger partial charge in [0.2, 0.25) is 0 Å². The van der Waals surface area contributed by atoms with Crippen LogP contribution in [0, 0.1) is 20.8 Å². The molecule has 20 heavy (non-hydrogen) atoms. The molecule has 0 spiro atoms. The van der Waals surface area contributed by atoms with Gasteiger partial charge in [-0.2, -0.15) is 0 Å². The molecule has 4 nitrogen and oxygen atoms in total. The summed E-state index contributed by atoms with van der Waals surface area (Å²) < 4.78 is 5.63. The summed E-state index contributed by atoms with van der Waals surface area (Å²) in [6.45, 7) is 6.29. The standard InChI is InChI=1S/C15H16BN3O/c1-10-8-11(2)14(12(3)9-10)16-18-15(19-20-16)13-4-6-17-7-5-13/h4-9H,1-3H3,(H,18,19). The van der Waals surface area contributed by atoms with E-state index in [0.29, 0.717) is 0 Å². The fourth-order valence-corrected chi connectivity index (χ4v) is 2.63. The molecule has 2 aromatic rings. The maximum Gasteiger partial charge on any atom is 0.497 e. The summed E-state index contributed by atoms with van der Waals surface area (Å²) in [5.41, 5.74) is 8.68. The normalized spacial score (nSPS) is 14.2. The van der Waals surface area contributed by atoms with Crippen molar-refractivity contribution in [2.75, 3.05) is 0 Å². The molecule has 5 heteroatoms. The van der Waals surface area contributed by atoms with E-state index in [1.54, 1.807) is 12.4 Å². The number of hydrogen-bond acceptors (Lipinski definition) is 4. The number of aryl methyl sites for hydroxylation is 3. The van der Waals surface area contributed by atoms with Gasteiger partial charge >= 0.3 is 7.05 Å². The number of aromatic nitrogens is 1. The maximum atomic E-state index is 5.63. The Balaban J connectivity index is 1.96. The minimum Gasteiger partial charge on any atom is -0.300 e. The second-order valence-corrected chi connectivity index (χ2v) is 5.10. The van der Waals surface area contributed by atoms with E-state index in [-0.39, 0.29) is 7.05 Å². The molecule has 1 aliphatic rings. The Morgan fingerprint density at radius 2 is 1.70 bits per heavy atom. The Labute approximate surface area is 119 Å². The zero-order chi connectivity index (χ0) is 14.1. The van der Waals surface area contributed by atoms with Crippen LogP contribution in [0.3, 0.4) is 0 Å².